The summed E-state index contributed by atoms with van der Waals surface area (Å²) in [6.45, 7) is 2.02. The SMILES string of the molecule is O=C(Nc1ccc(F)cc1I)C1CC12CCNCC2. The lowest BCUT2D eigenvalue weighted by molar-refractivity contribution is -0.118. The van der Waals surface area contributed by atoms with Crippen LogP contribution >= 0.6 is 22.6 Å². The molecule has 0 radical (unpaired) electrons. The van der Waals surface area contributed by atoms with Gasteiger partial charge in [-0.1, -0.05) is 0 Å². The van der Waals surface area contributed by atoms with Gasteiger partial charge in [0.2, 0.25) is 5.91 Å². The normalized spacial score (nSPS) is 24.2. The van der Waals surface area contributed by atoms with Crippen LogP contribution in [0.15, 0.2) is 18.2 Å². The minimum atomic E-state index is -0.274. The largest absolute Gasteiger partial charge is 0.325 e. The second-order valence-corrected chi connectivity index (χ2v) is 6.64. The van der Waals surface area contributed by atoms with Gasteiger partial charge in [0.1, 0.15) is 5.82 Å². The summed E-state index contributed by atoms with van der Waals surface area (Å²) in [7, 11) is 0. The lowest BCUT2D eigenvalue weighted by Gasteiger charge is -2.23. The smallest absolute Gasteiger partial charge is 0.228 e. The van der Waals surface area contributed by atoms with Crippen LogP contribution in [0.2, 0.25) is 0 Å². The van der Waals surface area contributed by atoms with Crippen molar-refractivity contribution >= 4 is 34.2 Å². The summed E-state index contributed by atoms with van der Waals surface area (Å²) in [5.41, 5.74) is 0.948. The van der Waals surface area contributed by atoms with E-state index in [2.05, 4.69) is 10.6 Å². The molecule has 102 valence electrons. The van der Waals surface area contributed by atoms with Crippen LogP contribution < -0.4 is 10.6 Å². The molecule has 1 spiro atoms. The lowest BCUT2D eigenvalue weighted by atomic mass is 9.92. The van der Waals surface area contributed by atoms with E-state index in [0.29, 0.717) is 5.69 Å². The first kappa shape index (κ1) is 13.3. The van der Waals surface area contributed by atoms with E-state index in [1.54, 1.807) is 6.07 Å². The van der Waals surface area contributed by atoms with Gasteiger partial charge < -0.3 is 10.6 Å². The molecule has 1 aromatic carbocycles. The predicted molar refractivity (Wildman–Crippen MR) is 80.4 cm³/mol. The van der Waals surface area contributed by atoms with Gasteiger partial charge in [0.15, 0.2) is 0 Å². The number of carbonyl (C=O) groups is 1. The van der Waals surface area contributed by atoms with Gasteiger partial charge in [-0.05, 0) is 78.6 Å². The Morgan fingerprint density at radius 3 is 2.84 bits per heavy atom. The Labute approximate surface area is 125 Å². The first-order chi connectivity index (χ1) is 9.11. The van der Waals surface area contributed by atoms with Crippen LogP contribution in [-0.2, 0) is 4.79 Å². The maximum Gasteiger partial charge on any atom is 0.228 e. The summed E-state index contributed by atoms with van der Waals surface area (Å²) in [4.78, 5) is 12.3. The van der Waals surface area contributed by atoms with Crippen molar-refractivity contribution in [3.05, 3.63) is 27.6 Å². The number of carbonyl (C=O) groups excluding carboxylic acids is 1. The molecule has 1 unspecified atom stereocenters. The summed E-state index contributed by atoms with van der Waals surface area (Å²) < 4.78 is 13.8. The Morgan fingerprint density at radius 1 is 1.42 bits per heavy atom. The molecule has 3 rings (SSSR count). The third-order valence-electron chi connectivity index (χ3n) is 4.29. The molecule has 1 amide bonds. The van der Waals surface area contributed by atoms with Crippen molar-refractivity contribution in [2.75, 3.05) is 18.4 Å². The second-order valence-electron chi connectivity index (χ2n) is 5.48. The van der Waals surface area contributed by atoms with Crippen LogP contribution in [0.4, 0.5) is 10.1 Å². The molecule has 1 saturated heterocycles. The highest BCUT2D eigenvalue weighted by molar-refractivity contribution is 14.1. The van der Waals surface area contributed by atoms with Crippen molar-refractivity contribution in [3.8, 4) is 0 Å². The van der Waals surface area contributed by atoms with Crippen molar-refractivity contribution in [2.45, 2.75) is 19.3 Å². The maximum atomic E-state index is 13.0. The van der Waals surface area contributed by atoms with Crippen molar-refractivity contribution in [2.24, 2.45) is 11.3 Å². The highest BCUT2D eigenvalue weighted by Gasteiger charge is 2.57. The van der Waals surface area contributed by atoms with Crippen LogP contribution in [0.3, 0.4) is 0 Å². The summed E-state index contributed by atoms with van der Waals surface area (Å²) >= 11 is 2.04. The van der Waals surface area contributed by atoms with Gasteiger partial charge in [-0.15, -0.1) is 0 Å². The Morgan fingerprint density at radius 2 is 2.16 bits per heavy atom. The number of hydrogen-bond donors (Lipinski definition) is 2. The van der Waals surface area contributed by atoms with E-state index in [0.717, 1.165) is 35.9 Å². The number of halogens is 2. The fraction of sp³-hybridized carbons (Fsp3) is 0.500. The Hall–Kier alpha value is -0.690. The van der Waals surface area contributed by atoms with Gasteiger partial charge in [0.05, 0.1) is 5.69 Å². The number of amides is 1. The number of nitrogens with one attached hydrogen (secondary N) is 2. The van der Waals surface area contributed by atoms with E-state index in [-0.39, 0.29) is 23.1 Å². The fourth-order valence-electron chi connectivity index (χ4n) is 3.01. The summed E-state index contributed by atoms with van der Waals surface area (Å²) in [6, 6.07) is 4.45. The van der Waals surface area contributed by atoms with Crippen LogP contribution in [0.25, 0.3) is 0 Å². The van der Waals surface area contributed by atoms with Crippen molar-refractivity contribution in [1.29, 1.82) is 0 Å². The molecule has 1 saturated carbocycles. The van der Waals surface area contributed by atoms with Crippen LogP contribution in [0, 0.1) is 20.7 Å². The quantitative estimate of drug-likeness (QED) is 0.782. The van der Waals surface area contributed by atoms with E-state index >= 15 is 0 Å². The van der Waals surface area contributed by atoms with Gasteiger partial charge >= 0.3 is 0 Å². The molecule has 1 aliphatic carbocycles. The minimum absolute atomic E-state index is 0.0893. The van der Waals surface area contributed by atoms with Gasteiger partial charge in [0.25, 0.3) is 0 Å². The predicted octanol–water partition coefficient (Wildman–Crippen LogP) is 2.76. The van der Waals surface area contributed by atoms with Crippen LogP contribution in [-0.4, -0.2) is 19.0 Å². The molecule has 2 aliphatic rings. The molecule has 19 heavy (non-hydrogen) atoms. The average molecular weight is 374 g/mol. The first-order valence-corrected chi connectivity index (χ1v) is 7.65. The molecular formula is C14H16FIN2O. The van der Waals surface area contributed by atoms with Crippen molar-refractivity contribution in [1.82, 2.24) is 5.32 Å². The topological polar surface area (TPSA) is 41.1 Å². The lowest BCUT2D eigenvalue weighted by Crippen LogP contribution is -2.31. The Kier molecular flexibility index (Phi) is 3.51. The Balaban J connectivity index is 1.66. The summed E-state index contributed by atoms with van der Waals surface area (Å²) in [6.07, 6.45) is 3.18. The monoisotopic (exact) mass is 374 g/mol. The zero-order chi connectivity index (χ0) is 13.5. The molecule has 1 aliphatic heterocycles. The molecule has 2 N–H and O–H groups in total. The van der Waals surface area contributed by atoms with Crippen LogP contribution in [0.5, 0.6) is 0 Å². The van der Waals surface area contributed by atoms with E-state index in [9.17, 15) is 9.18 Å². The molecule has 1 aromatic rings. The van der Waals surface area contributed by atoms with E-state index in [4.69, 9.17) is 0 Å². The third kappa shape index (κ3) is 2.63. The molecule has 1 heterocycles. The van der Waals surface area contributed by atoms with Gasteiger partial charge in [-0.3, -0.25) is 4.79 Å². The number of benzene rings is 1. The number of piperidine rings is 1. The zero-order valence-corrected chi connectivity index (χ0v) is 12.7. The van der Waals surface area contributed by atoms with E-state index in [1.165, 1.54) is 12.1 Å². The molecule has 3 nitrogen and oxygen atoms in total. The maximum absolute atomic E-state index is 13.0. The average Bonchev–Trinajstić information content (AvgIpc) is 3.07. The molecule has 1 atom stereocenters. The van der Waals surface area contributed by atoms with E-state index in [1.807, 2.05) is 22.6 Å². The Bertz CT molecular complexity index is 514. The second kappa shape index (κ2) is 5.01. The molecule has 5 heteroatoms. The van der Waals surface area contributed by atoms with Crippen molar-refractivity contribution < 1.29 is 9.18 Å². The van der Waals surface area contributed by atoms with Gasteiger partial charge in [0, 0.05) is 9.49 Å². The summed E-state index contributed by atoms with van der Waals surface area (Å²) in [5, 5.41) is 6.27. The first-order valence-electron chi connectivity index (χ1n) is 6.57. The fourth-order valence-corrected chi connectivity index (χ4v) is 3.62. The van der Waals surface area contributed by atoms with E-state index < -0.39 is 0 Å². The molecule has 0 aromatic heterocycles. The number of rotatable bonds is 2. The van der Waals surface area contributed by atoms with Gasteiger partial charge in [-0.25, -0.2) is 4.39 Å². The van der Waals surface area contributed by atoms with Gasteiger partial charge in [-0.2, -0.15) is 0 Å². The summed E-state index contributed by atoms with van der Waals surface area (Å²) in [5.74, 6) is -0.0504. The third-order valence-corrected chi connectivity index (χ3v) is 5.19. The number of anilines is 1. The number of hydrogen-bond acceptors (Lipinski definition) is 2. The molecular weight excluding hydrogens is 358 g/mol. The highest BCUT2D eigenvalue weighted by Crippen LogP contribution is 2.58. The van der Waals surface area contributed by atoms with Crippen LogP contribution in [0.1, 0.15) is 19.3 Å². The highest BCUT2D eigenvalue weighted by atomic mass is 127. The standard InChI is InChI=1S/C14H16FIN2O/c15-9-1-2-12(11(16)7-9)18-13(19)10-8-14(10)3-5-17-6-4-14/h1-2,7,10,17H,3-6,8H2,(H,18,19). The molecule has 2 fully saturated rings. The zero-order valence-electron chi connectivity index (χ0n) is 10.5. The minimum Gasteiger partial charge on any atom is -0.325 e. The molecule has 0 bridgehead atoms. The van der Waals surface area contributed by atoms with Crippen molar-refractivity contribution in [3.63, 3.8) is 0 Å².